The average molecular weight is 449 g/mol. The number of hydrogen-bond acceptors (Lipinski definition) is 6. The van der Waals surface area contributed by atoms with Crippen molar-refractivity contribution >= 4 is 17.6 Å². The monoisotopic (exact) mass is 448 g/mol. The summed E-state index contributed by atoms with van der Waals surface area (Å²) in [6.07, 6.45) is 0.598. The third-order valence-electron chi connectivity index (χ3n) is 5.72. The highest BCUT2D eigenvalue weighted by molar-refractivity contribution is 5.81. The zero-order valence-corrected chi connectivity index (χ0v) is 18.7. The van der Waals surface area contributed by atoms with Crippen molar-refractivity contribution in [3.05, 3.63) is 72.5 Å². The Balaban J connectivity index is 1.17. The van der Waals surface area contributed by atoms with Crippen LogP contribution in [0, 0.1) is 0 Å². The standard InChI is InChI=1S/C26H28N2O5/c1-31-22-9-7-21(8-10-22)27-15-17-28(18-16-27)25(29)19-32-26(30)14-12-23-11-13-24(33-23)20-5-3-2-4-6-20/h2-11,13H,12,14-19H2,1H3. The van der Waals surface area contributed by atoms with Crippen LogP contribution >= 0.6 is 0 Å². The molecule has 1 aliphatic rings. The molecule has 0 radical (unpaired) electrons. The summed E-state index contributed by atoms with van der Waals surface area (Å²) >= 11 is 0. The van der Waals surface area contributed by atoms with E-state index in [-0.39, 0.29) is 18.9 Å². The number of nitrogens with zero attached hydrogens (tertiary/aromatic N) is 2. The molecule has 1 fully saturated rings. The van der Waals surface area contributed by atoms with E-state index in [0.717, 1.165) is 35.9 Å². The predicted molar refractivity (Wildman–Crippen MR) is 125 cm³/mol. The molecule has 1 amide bonds. The lowest BCUT2D eigenvalue weighted by Gasteiger charge is -2.36. The zero-order valence-electron chi connectivity index (χ0n) is 18.7. The van der Waals surface area contributed by atoms with Gasteiger partial charge in [-0.15, -0.1) is 0 Å². The molecule has 0 aliphatic carbocycles. The van der Waals surface area contributed by atoms with E-state index in [9.17, 15) is 9.59 Å². The molecular weight excluding hydrogens is 420 g/mol. The highest BCUT2D eigenvalue weighted by Gasteiger charge is 2.22. The van der Waals surface area contributed by atoms with Gasteiger partial charge < -0.3 is 23.7 Å². The molecule has 0 bridgehead atoms. The number of piperazine rings is 1. The van der Waals surface area contributed by atoms with Crippen molar-refractivity contribution in [1.29, 1.82) is 0 Å². The highest BCUT2D eigenvalue weighted by Crippen LogP contribution is 2.23. The van der Waals surface area contributed by atoms with Crippen LogP contribution in [0.4, 0.5) is 5.69 Å². The molecule has 1 aromatic heterocycles. The first-order valence-electron chi connectivity index (χ1n) is 11.1. The summed E-state index contributed by atoms with van der Waals surface area (Å²) in [6, 6.07) is 21.4. The van der Waals surface area contributed by atoms with Gasteiger partial charge in [0.25, 0.3) is 5.91 Å². The number of furan rings is 1. The summed E-state index contributed by atoms with van der Waals surface area (Å²) in [6.45, 7) is 2.42. The van der Waals surface area contributed by atoms with Crippen molar-refractivity contribution in [1.82, 2.24) is 4.90 Å². The minimum Gasteiger partial charge on any atom is -0.497 e. The molecule has 172 valence electrons. The van der Waals surface area contributed by atoms with Gasteiger partial charge in [-0.25, -0.2) is 0 Å². The van der Waals surface area contributed by atoms with E-state index in [0.29, 0.717) is 25.3 Å². The van der Waals surface area contributed by atoms with E-state index in [1.807, 2.05) is 66.7 Å². The van der Waals surface area contributed by atoms with Crippen LogP contribution in [0.1, 0.15) is 12.2 Å². The normalized spacial score (nSPS) is 13.6. The van der Waals surface area contributed by atoms with E-state index in [1.54, 1.807) is 12.0 Å². The fourth-order valence-corrected chi connectivity index (χ4v) is 3.81. The first-order valence-corrected chi connectivity index (χ1v) is 11.1. The molecule has 7 nitrogen and oxygen atoms in total. The van der Waals surface area contributed by atoms with Crippen molar-refractivity contribution in [2.75, 3.05) is 44.8 Å². The molecule has 0 atom stereocenters. The van der Waals surface area contributed by atoms with Gasteiger partial charge in [0.05, 0.1) is 13.5 Å². The van der Waals surface area contributed by atoms with Gasteiger partial charge in [0, 0.05) is 43.9 Å². The molecule has 0 saturated carbocycles. The predicted octanol–water partition coefficient (Wildman–Crippen LogP) is 3.78. The zero-order chi connectivity index (χ0) is 23.0. The molecule has 2 heterocycles. The van der Waals surface area contributed by atoms with Gasteiger partial charge in [0.1, 0.15) is 17.3 Å². The molecule has 2 aromatic carbocycles. The number of carbonyl (C=O) groups is 2. The van der Waals surface area contributed by atoms with Crippen LogP contribution in [0.3, 0.4) is 0 Å². The van der Waals surface area contributed by atoms with Gasteiger partial charge >= 0.3 is 5.97 Å². The summed E-state index contributed by atoms with van der Waals surface area (Å²) < 4.78 is 16.2. The van der Waals surface area contributed by atoms with Crippen LogP contribution in [-0.4, -0.2) is 56.7 Å². The SMILES string of the molecule is COc1ccc(N2CCN(C(=O)COC(=O)CCc3ccc(-c4ccccc4)o3)CC2)cc1. The van der Waals surface area contributed by atoms with Gasteiger partial charge in [-0.3, -0.25) is 9.59 Å². The lowest BCUT2D eigenvalue weighted by molar-refractivity contribution is -0.152. The summed E-state index contributed by atoms with van der Waals surface area (Å²) in [5, 5.41) is 0. The molecule has 3 aromatic rings. The van der Waals surface area contributed by atoms with Crippen LogP contribution in [0.25, 0.3) is 11.3 Å². The summed E-state index contributed by atoms with van der Waals surface area (Å²) in [5.41, 5.74) is 2.09. The second-order valence-electron chi connectivity index (χ2n) is 7.86. The van der Waals surface area contributed by atoms with E-state index >= 15 is 0 Å². The number of amides is 1. The number of rotatable bonds is 8. The number of benzene rings is 2. The molecule has 33 heavy (non-hydrogen) atoms. The van der Waals surface area contributed by atoms with Crippen molar-refractivity contribution in [2.45, 2.75) is 12.8 Å². The number of anilines is 1. The van der Waals surface area contributed by atoms with E-state index in [4.69, 9.17) is 13.9 Å². The number of aryl methyl sites for hydroxylation is 1. The van der Waals surface area contributed by atoms with Crippen molar-refractivity contribution in [3.8, 4) is 17.1 Å². The Hall–Kier alpha value is -3.74. The number of carbonyl (C=O) groups excluding carboxylic acids is 2. The molecule has 1 aliphatic heterocycles. The third-order valence-corrected chi connectivity index (χ3v) is 5.72. The summed E-state index contributed by atoms with van der Waals surface area (Å²) in [4.78, 5) is 28.5. The van der Waals surface area contributed by atoms with Crippen LogP contribution in [-0.2, 0) is 20.7 Å². The van der Waals surface area contributed by atoms with Gasteiger partial charge in [-0.2, -0.15) is 0 Å². The molecule has 0 N–H and O–H groups in total. The first-order chi connectivity index (χ1) is 16.1. The minimum absolute atomic E-state index is 0.165. The summed E-state index contributed by atoms with van der Waals surface area (Å²) in [5.74, 6) is 1.73. The highest BCUT2D eigenvalue weighted by atomic mass is 16.5. The molecular formula is C26H28N2O5. The second kappa shape index (κ2) is 10.7. The van der Waals surface area contributed by atoms with Crippen LogP contribution < -0.4 is 9.64 Å². The summed E-state index contributed by atoms with van der Waals surface area (Å²) in [7, 11) is 1.64. The third kappa shape index (κ3) is 5.94. The topological polar surface area (TPSA) is 72.2 Å². The molecule has 7 heteroatoms. The maximum absolute atomic E-state index is 12.5. The van der Waals surface area contributed by atoms with E-state index < -0.39 is 5.97 Å². The van der Waals surface area contributed by atoms with Gasteiger partial charge in [-0.05, 0) is 36.4 Å². The fourth-order valence-electron chi connectivity index (χ4n) is 3.81. The van der Waals surface area contributed by atoms with Crippen LogP contribution in [0.2, 0.25) is 0 Å². The number of esters is 1. The van der Waals surface area contributed by atoms with E-state index in [1.165, 1.54) is 0 Å². The maximum atomic E-state index is 12.5. The number of ether oxygens (including phenoxy) is 2. The van der Waals surface area contributed by atoms with Crippen molar-refractivity contribution in [2.24, 2.45) is 0 Å². The fraction of sp³-hybridized carbons (Fsp3) is 0.308. The Kier molecular flexibility index (Phi) is 7.29. The average Bonchev–Trinajstić information content (AvgIpc) is 3.36. The van der Waals surface area contributed by atoms with Crippen LogP contribution in [0.15, 0.2) is 71.1 Å². The largest absolute Gasteiger partial charge is 0.497 e. The van der Waals surface area contributed by atoms with Gasteiger partial charge in [0.15, 0.2) is 6.61 Å². The lowest BCUT2D eigenvalue weighted by Crippen LogP contribution is -2.49. The minimum atomic E-state index is -0.405. The lowest BCUT2D eigenvalue weighted by atomic mass is 10.2. The molecule has 4 rings (SSSR count). The number of hydrogen-bond donors (Lipinski definition) is 0. The van der Waals surface area contributed by atoms with Gasteiger partial charge in [0.2, 0.25) is 0 Å². The van der Waals surface area contributed by atoms with Crippen molar-refractivity contribution < 1.29 is 23.5 Å². The smallest absolute Gasteiger partial charge is 0.306 e. The van der Waals surface area contributed by atoms with E-state index in [2.05, 4.69) is 4.90 Å². The maximum Gasteiger partial charge on any atom is 0.306 e. The quantitative estimate of drug-likeness (QED) is 0.489. The Morgan fingerprint density at radius 3 is 2.33 bits per heavy atom. The number of methoxy groups -OCH3 is 1. The first kappa shape index (κ1) is 22.5. The van der Waals surface area contributed by atoms with Crippen LogP contribution in [0.5, 0.6) is 5.75 Å². The Bertz CT molecular complexity index is 1050. The van der Waals surface area contributed by atoms with Gasteiger partial charge in [-0.1, -0.05) is 30.3 Å². The molecule has 1 saturated heterocycles. The Labute approximate surface area is 193 Å². The second-order valence-corrected chi connectivity index (χ2v) is 7.86. The van der Waals surface area contributed by atoms with Crippen molar-refractivity contribution in [3.63, 3.8) is 0 Å². The Morgan fingerprint density at radius 2 is 1.64 bits per heavy atom. The molecule has 0 unspecified atom stereocenters. The Morgan fingerprint density at radius 1 is 0.909 bits per heavy atom. The molecule has 0 spiro atoms.